The van der Waals surface area contributed by atoms with Crippen molar-refractivity contribution in [2.75, 3.05) is 12.4 Å². The Balaban J connectivity index is 2.57. The average molecular weight is 286 g/mol. The Morgan fingerprint density at radius 1 is 1.44 bits per heavy atom. The first-order valence-electron chi connectivity index (χ1n) is 5.77. The van der Waals surface area contributed by atoms with E-state index in [0.717, 1.165) is 15.9 Å². The molecule has 1 aromatic rings. The molecule has 0 aliphatic carbocycles. The Bertz CT molecular complexity index is 328. The molecule has 0 amide bonds. The quantitative estimate of drug-likeness (QED) is 0.834. The number of nitrogens with one attached hydrogen (secondary N) is 1. The molecular weight excluding hydrogens is 266 g/mol. The summed E-state index contributed by atoms with van der Waals surface area (Å²) in [6.07, 6.45) is 3.73. The number of halogens is 1. The number of ether oxygens (including phenoxy) is 1. The lowest BCUT2D eigenvalue weighted by Crippen LogP contribution is -2.14. The van der Waals surface area contributed by atoms with Gasteiger partial charge in [0.15, 0.2) is 0 Å². The Morgan fingerprint density at radius 3 is 2.75 bits per heavy atom. The van der Waals surface area contributed by atoms with Gasteiger partial charge < -0.3 is 10.1 Å². The number of rotatable bonds is 6. The lowest BCUT2D eigenvalue weighted by Gasteiger charge is -2.15. The SMILES string of the molecule is CCCCC(C)Nc1ccc(OC)c(Br)c1. The highest BCUT2D eigenvalue weighted by atomic mass is 79.9. The van der Waals surface area contributed by atoms with E-state index in [4.69, 9.17) is 4.74 Å². The molecule has 0 saturated carbocycles. The molecule has 16 heavy (non-hydrogen) atoms. The second-order valence-electron chi connectivity index (χ2n) is 4.04. The van der Waals surface area contributed by atoms with Gasteiger partial charge in [0.05, 0.1) is 11.6 Å². The number of anilines is 1. The minimum absolute atomic E-state index is 0.514. The van der Waals surface area contributed by atoms with Crippen LogP contribution in [0.25, 0.3) is 0 Å². The van der Waals surface area contributed by atoms with Crippen LogP contribution in [-0.2, 0) is 0 Å². The van der Waals surface area contributed by atoms with Crippen molar-refractivity contribution in [1.82, 2.24) is 0 Å². The fraction of sp³-hybridized carbons (Fsp3) is 0.538. The molecule has 0 radical (unpaired) electrons. The number of unbranched alkanes of at least 4 members (excludes halogenated alkanes) is 1. The smallest absolute Gasteiger partial charge is 0.133 e. The molecule has 0 aliphatic rings. The Hall–Kier alpha value is -0.700. The third kappa shape index (κ3) is 4.05. The van der Waals surface area contributed by atoms with E-state index >= 15 is 0 Å². The molecule has 1 N–H and O–H groups in total. The zero-order valence-electron chi connectivity index (χ0n) is 10.2. The average Bonchev–Trinajstić information content (AvgIpc) is 2.26. The first kappa shape index (κ1) is 13.4. The van der Waals surface area contributed by atoms with Gasteiger partial charge in [0.25, 0.3) is 0 Å². The third-order valence-electron chi connectivity index (χ3n) is 2.56. The summed E-state index contributed by atoms with van der Waals surface area (Å²) in [6.45, 7) is 4.44. The molecule has 0 aliphatic heterocycles. The van der Waals surface area contributed by atoms with E-state index in [1.807, 2.05) is 12.1 Å². The van der Waals surface area contributed by atoms with Crippen molar-refractivity contribution < 1.29 is 4.74 Å². The maximum Gasteiger partial charge on any atom is 0.133 e. The molecule has 1 atom stereocenters. The first-order valence-corrected chi connectivity index (χ1v) is 6.56. The highest BCUT2D eigenvalue weighted by molar-refractivity contribution is 9.10. The van der Waals surface area contributed by atoms with Crippen LogP contribution in [0.15, 0.2) is 22.7 Å². The van der Waals surface area contributed by atoms with Gasteiger partial charge in [-0.3, -0.25) is 0 Å². The lowest BCUT2D eigenvalue weighted by atomic mass is 10.1. The van der Waals surface area contributed by atoms with Crippen LogP contribution < -0.4 is 10.1 Å². The number of methoxy groups -OCH3 is 1. The van der Waals surface area contributed by atoms with Crippen LogP contribution in [0.5, 0.6) is 5.75 Å². The zero-order chi connectivity index (χ0) is 12.0. The number of benzene rings is 1. The molecule has 0 fully saturated rings. The maximum atomic E-state index is 5.20. The minimum Gasteiger partial charge on any atom is -0.496 e. The summed E-state index contributed by atoms with van der Waals surface area (Å²) >= 11 is 3.48. The second kappa shape index (κ2) is 6.79. The van der Waals surface area contributed by atoms with Crippen LogP contribution in [0.3, 0.4) is 0 Å². The molecule has 2 nitrogen and oxygen atoms in total. The lowest BCUT2D eigenvalue weighted by molar-refractivity contribution is 0.412. The summed E-state index contributed by atoms with van der Waals surface area (Å²) in [5, 5.41) is 3.48. The molecule has 0 aromatic heterocycles. The Morgan fingerprint density at radius 2 is 2.19 bits per heavy atom. The van der Waals surface area contributed by atoms with Gasteiger partial charge in [0, 0.05) is 11.7 Å². The molecule has 3 heteroatoms. The van der Waals surface area contributed by atoms with Gasteiger partial charge in [0.2, 0.25) is 0 Å². The van der Waals surface area contributed by atoms with Gasteiger partial charge in [-0.25, -0.2) is 0 Å². The van der Waals surface area contributed by atoms with Crippen LogP contribution in [-0.4, -0.2) is 13.2 Å². The number of hydrogen-bond acceptors (Lipinski definition) is 2. The molecular formula is C13H20BrNO. The van der Waals surface area contributed by atoms with Crippen LogP contribution in [0.2, 0.25) is 0 Å². The second-order valence-corrected chi connectivity index (χ2v) is 4.89. The van der Waals surface area contributed by atoms with Gasteiger partial charge in [-0.1, -0.05) is 19.8 Å². The van der Waals surface area contributed by atoms with Gasteiger partial charge in [-0.05, 0) is 47.5 Å². The van der Waals surface area contributed by atoms with E-state index in [0.29, 0.717) is 6.04 Å². The standard InChI is InChI=1S/C13H20BrNO/c1-4-5-6-10(2)15-11-7-8-13(16-3)12(14)9-11/h7-10,15H,4-6H2,1-3H3. The molecule has 0 heterocycles. The summed E-state index contributed by atoms with van der Waals surface area (Å²) in [6, 6.07) is 6.59. The topological polar surface area (TPSA) is 21.3 Å². The Kier molecular flexibility index (Phi) is 5.67. The first-order chi connectivity index (χ1) is 7.67. The summed E-state index contributed by atoms with van der Waals surface area (Å²) in [5.41, 5.74) is 1.14. The van der Waals surface area contributed by atoms with Crippen molar-refractivity contribution in [3.8, 4) is 5.75 Å². The molecule has 90 valence electrons. The summed E-state index contributed by atoms with van der Waals surface area (Å²) in [7, 11) is 1.68. The predicted molar refractivity (Wildman–Crippen MR) is 73.3 cm³/mol. The van der Waals surface area contributed by atoms with Gasteiger partial charge >= 0.3 is 0 Å². The highest BCUT2D eigenvalue weighted by Gasteiger charge is 2.04. The molecule has 1 aromatic carbocycles. The molecule has 0 saturated heterocycles. The monoisotopic (exact) mass is 285 g/mol. The third-order valence-corrected chi connectivity index (χ3v) is 3.18. The molecule has 1 rings (SSSR count). The van der Waals surface area contributed by atoms with Crippen LogP contribution in [0.1, 0.15) is 33.1 Å². The van der Waals surface area contributed by atoms with E-state index in [2.05, 4.69) is 41.2 Å². The Labute approximate surface area is 107 Å². The van der Waals surface area contributed by atoms with Crippen molar-refractivity contribution in [3.63, 3.8) is 0 Å². The van der Waals surface area contributed by atoms with Crippen molar-refractivity contribution >= 4 is 21.6 Å². The highest BCUT2D eigenvalue weighted by Crippen LogP contribution is 2.28. The molecule has 0 bridgehead atoms. The van der Waals surface area contributed by atoms with Crippen LogP contribution in [0.4, 0.5) is 5.69 Å². The summed E-state index contributed by atoms with van der Waals surface area (Å²) in [5.74, 6) is 0.867. The summed E-state index contributed by atoms with van der Waals surface area (Å²) < 4.78 is 6.18. The van der Waals surface area contributed by atoms with E-state index < -0.39 is 0 Å². The van der Waals surface area contributed by atoms with E-state index in [9.17, 15) is 0 Å². The van der Waals surface area contributed by atoms with Crippen molar-refractivity contribution in [3.05, 3.63) is 22.7 Å². The van der Waals surface area contributed by atoms with Crippen LogP contribution in [0, 0.1) is 0 Å². The zero-order valence-corrected chi connectivity index (χ0v) is 11.8. The maximum absolute atomic E-state index is 5.20. The largest absolute Gasteiger partial charge is 0.496 e. The fourth-order valence-corrected chi connectivity index (χ4v) is 2.16. The minimum atomic E-state index is 0.514. The molecule has 1 unspecified atom stereocenters. The van der Waals surface area contributed by atoms with E-state index in [1.165, 1.54) is 19.3 Å². The van der Waals surface area contributed by atoms with Crippen molar-refractivity contribution in [1.29, 1.82) is 0 Å². The van der Waals surface area contributed by atoms with Gasteiger partial charge in [0.1, 0.15) is 5.75 Å². The summed E-state index contributed by atoms with van der Waals surface area (Å²) in [4.78, 5) is 0. The van der Waals surface area contributed by atoms with E-state index in [-0.39, 0.29) is 0 Å². The number of hydrogen-bond donors (Lipinski definition) is 1. The normalized spacial score (nSPS) is 12.2. The molecule has 0 spiro atoms. The van der Waals surface area contributed by atoms with Crippen molar-refractivity contribution in [2.24, 2.45) is 0 Å². The van der Waals surface area contributed by atoms with Gasteiger partial charge in [-0.15, -0.1) is 0 Å². The fourth-order valence-electron chi connectivity index (χ4n) is 1.62. The van der Waals surface area contributed by atoms with Gasteiger partial charge in [-0.2, -0.15) is 0 Å². The van der Waals surface area contributed by atoms with E-state index in [1.54, 1.807) is 7.11 Å². The van der Waals surface area contributed by atoms with Crippen molar-refractivity contribution in [2.45, 2.75) is 39.2 Å². The predicted octanol–water partition coefficient (Wildman–Crippen LogP) is 4.45. The van der Waals surface area contributed by atoms with Crippen LogP contribution >= 0.6 is 15.9 Å².